The molecule has 0 aromatic heterocycles. The van der Waals surface area contributed by atoms with Crippen molar-refractivity contribution in [3.63, 3.8) is 0 Å². The highest BCUT2D eigenvalue weighted by Gasteiger charge is 2.42. The van der Waals surface area contributed by atoms with Gasteiger partial charge in [-0.15, -0.1) is 0 Å². The molecule has 136 valence electrons. The van der Waals surface area contributed by atoms with E-state index in [1.54, 1.807) is 13.8 Å². The third-order valence-corrected chi connectivity index (χ3v) is 3.96. The molecule has 0 aromatic carbocycles. The minimum absolute atomic E-state index is 0.0974. The molecule has 0 amide bonds. The summed E-state index contributed by atoms with van der Waals surface area (Å²) in [5, 5.41) is 0. The number of hydrogen-bond donors (Lipinski definition) is 0. The maximum atomic E-state index is 13.1. The molecule has 2 unspecified atom stereocenters. The van der Waals surface area contributed by atoms with Crippen molar-refractivity contribution >= 4 is 5.78 Å². The average Bonchev–Trinajstić information content (AvgIpc) is 2.38. The highest BCUT2D eigenvalue weighted by atomic mass is 19.4. The van der Waals surface area contributed by atoms with Gasteiger partial charge in [0.15, 0.2) is 5.78 Å². The van der Waals surface area contributed by atoms with Crippen LogP contribution >= 0.6 is 0 Å². The molecule has 7 heteroatoms. The van der Waals surface area contributed by atoms with E-state index < -0.39 is 42.1 Å². The molecule has 0 aliphatic heterocycles. The Hall–Kier alpha value is -1.14. The molecule has 23 heavy (non-hydrogen) atoms. The summed E-state index contributed by atoms with van der Waals surface area (Å²) in [6, 6.07) is 0. The molecule has 0 bridgehead atoms. The molecule has 0 saturated heterocycles. The Morgan fingerprint density at radius 3 is 1.96 bits per heavy atom. The smallest absolute Gasteiger partial charge is 0.390 e. The molecule has 0 heterocycles. The van der Waals surface area contributed by atoms with Gasteiger partial charge in [0.1, 0.15) is 5.76 Å². The van der Waals surface area contributed by atoms with Crippen molar-refractivity contribution in [2.24, 2.45) is 11.3 Å². The summed E-state index contributed by atoms with van der Waals surface area (Å²) >= 11 is 0. The second-order valence-electron chi connectivity index (χ2n) is 6.20. The summed E-state index contributed by atoms with van der Waals surface area (Å²) in [4.78, 5) is 12.2. The Labute approximate surface area is 134 Å². The van der Waals surface area contributed by atoms with Gasteiger partial charge in [0, 0.05) is 23.8 Å². The maximum absolute atomic E-state index is 13.1. The fourth-order valence-electron chi connectivity index (χ4n) is 2.43. The molecular weight excluding hydrogens is 319 g/mol. The number of ether oxygens (including phenoxy) is 1. The lowest BCUT2D eigenvalue weighted by Gasteiger charge is -2.31. The first-order valence-electron chi connectivity index (χ1n) is 7.52. The van der Waals surface area contributed by atoms with Crippen LogP contribution in [0.25, 0.3) is 0 Å². The molecule has 0 N–H and O–H groups in total. The number of rotatable bonds is 9. The predicted molar refractivity (Wildman–Crippen MR) is 78.2 cm³/mol. The number of carbonyl (C=O) groups is 1. The normalized spacial score (nSPS) is 17.6. The van der Waals surface area contributed by atoms with Crippen molar-refractivity contribution in [3.8, 4) is 0 Å². The lowest BCUT2D eigenvalue weighted by molar-refractivity contribution is -0.156. The van der Waals surface area contributed by atoms with E-state index in [1.807, 2.05) is 0 Å². The number of ketones is 1. The fraction of sp³-hybridized carbons (Fsp3) is 0.812. The van der Waals surface area contributed by atoms with E-state index >= 15 is 0 Å². The van der Waals surface area contributed by atoms with Gasteiger partial charge in [0.25, 0.3) is 0 Å². The highest BCUT2D eigenvalue weighted by molar-refractivity contribution is 5.92. The van der Waals surface area contributed by atoms with E-state index in [-0.39, 0.29) is 18.6 Å². The Bertz CT molecular complexity index is 423. The van der Waals surface area contributed by atoms with E-state index in [1.165, 1.54) is 14.0 Å². The van der Waals surface area contributed by atoms with Crippen molar-refractivity contribution in [1.29, 1.82) is 0 Å². The summed E-state index contributed by atoms with van der Waals surface area (Å²) in [6.07, 6.45) is -4.98. The van der Waals surface area contributed by atoms with E-state index in [0.29, 0.717) is 6.92 Å². The second kappa shape index (κ2) is 8.11. The molecule has 0 rings (SSSR count). The standard InChI is InChI=1S/C16H25F5O2/c1-6-11(9-15(4,17)18)12(22)8-13(23-5)14(3,7-2)10-16(19,20)21/h8,11H,6-7,9-10H2,1-5H3/b13-8-. The largest absolute Gasteiger partial charge is 0.500 e. The Balaban J connectivity index is 5.47. The molecule has 2 nitrogen and oxygen atoms in total. The molecule has 0 aliphatic carbocycles. The second-order valence-corrected chi connectivity index (χ2v) is 6.20. The van der Waals surface area contributed by atoms with Crippen molar-refractivity contribution in [3.05, 3.63) is 11.8 Å². The summed E-state index contributed by atoms with van der Waals surface area (Å²) in [6.45, 7) is 5.20. The van der Waals surface area contributed by atoms with Gasteiger partial charge in [-0.1, -0.05) is 20.8 Å². The van der Waals surface area contributed by atoms with Crippen LogP contribution in [-0.4, -0.2) is 25.0 Å². The van der Waals surface area contributed by atoms with Gasteiger partial charge in [-0.05, 0) is 19.8 Å². The van der Waals surface area contributed by atoms with Crippen molar-refractivity contribution in [1.82, 2.24) is 0 Å². The average molecular weight is 344 g/mol. The zero-order valence-corrected chi connectivity index (χ0v) is 14.2. The lowest BCUT2D eigenvalue weighted by atomic mass is 9.80. The Morgan fingerprint density at radius 2 is 1.65 bits per heavy atom. The van der Waals surface area contributed by atoms with Crippen LogP contribution in [0.4, 0.5) is 22.0 Å². The monoisotopic (exact) mass is 344 g/mol. The quantitative estimate of drug-likeness (QED) is 0.312. The zero-order valence-electron chi connectivity index (χ0n) is 14.2. The predicted octanol–water partition coefficient (Wildman–Crippen LogP) is 5.53. The van der Waals surface area contributed by atoms with Gasteiger partial charge in [0.2, 0.25) is 5.92 Å². The third-order valence-electron chi connectivity index (χ3n) is 3.96. The number of carbonyl (C=O) groups excluding carboxylic acids is 1. The Morgan fingerprint density at radius 1 is 1.13 bits per heavy atom. The number of hydrogen-bond acceptors (Lipinski definition) is 2. The van der Waals surface area contributed by atoms with Gasteiger partial charge in [-0.2, -0.15) is 13.2 Å². The van der Waals surface area contributed by atoms with Gasteiger partial charge in [-0.3, -0.25) is 4.79 Å². The number of allylic oxidation sites excluding steroid dienone is 2. The summed E-state index contributed by atoms with van der Waals surface area (Å²) in [7, 11) is 1.18. The number of methoxy groups -OCH3 is 1. The van der Waals surface area contributed by atoms with Crippen LogP contribution in [0.5, 0.6) is 0 Å². The van der Waals surface area contributed by atoms with Gasteiger partial charge in [-0.25, -0.2) is 8.78 Å². The van der Waals surface area contributed by atoms with Gasteiger partial charge in [0.05, 0.1) is 13.5 Å². The van der Waals surface area contributed by atoms with Crippen LogP contribution in [0.3, 0.4) is 0 Å². The molecule has 0 saturated carbocycles. The van der Waals surface area contributed by atoms with Crippen molar-refractivity contribution in [2.45, 2.75) is 65.5 Å². The first kappa shape index (κ1) is 21.9. The van der Waals surface area contributed by atoms with E-state index in [9.17, 15) is 26.7 Å². The fourth-order valence-corrected chi connectivity index (χ4v) is 2.43. The summed E-state index contributed by atoms with van der Waals surface area (Å²) < 4.78 is 69.5. The first-order chi connectivity index (χ1) is 10.3. The number of halogens is 5. The molecule has 0 aromatic rings. The van der Waals surface area contributed by atoms with E-state index in [2.05, 4.69) is 0 Å². The van der Waals surface area contributed by atoms with Crippen LogP contribution < -0.4 is 0 Å². The van der Waals surface area contributed by atoms with Crippen LogP contribution in [0.2, 0.25) is 0 Å². The van der Waals surface area contributed by atoms with Gasteiger partial charge < -0.3 is 4.74 Å². The van der Waals surface area contributed by atoms with Crippen LogP contribution in [0.15, 0.2) is 11.8 Å². The molecule has 0 spiro atoms. The minimum Gasteiger partial charge on any atom is -0.500 e. The minimum atomic E-state index is -4.42. The molecule has 0 radical (unpaired) electrons. The number of alkyl halides is 5. The lowest BCUT2D eigenvalue weighted by Crippen LogP contribution is -2.29. The van der Waals surface area contributed by atoms with Crippen LogP contribution in [-0.2, 0) is 9.53 Å². The molecule has 0 aliphatic rings. The third kappa shape index (κ3) is 7.79. The van der Waals surface area contributed by atoms with Gasteiger partial charge >= 0.3 is 6.18 Å². The van der Waals surface area contributed by atoms with Crippen molar-refractivity contribution in [2.75, 3.05) is 7.11 Å². The molecular formula is C16H25F5O2. The topological polar surface area (TPSA) is 26.3 Å². The molecule has 0 fully saturated rings. The Kier molecular flexibility index (Phi) is 7.70. The first-order valence-corrected chi connectivity index (χ1v) is 7.52. The zero-order chi connectivity index (χ0) is 18.5. The highest BCUT2D eigenvalue weighted by Crippen LogP contribution is 2.42. The SMILES string of the molecule is CCC(CC(C)(F)F)C(=O)/C=C(\OC)C(C)(CC)CC(F)(F)F. The van der Waals surface area contributed by atoms with Crippen molar-refractivity contribution < 1.29 is 31.5 Å². The summed E-state index contributed by atoms with van der Waals surface area (Å²) in [5.74, 6) is -4.72. The van der Waals surface area contributed by atoms with E-state index in [0.717, 1.165) is 6.08 Å². The van der Waals surface area contributed by atoms with Crippen LogP contribution in [0, 0.1) is 11.3 Å². The molecule has 2 atom stereocenters. The summed E-state index contributed by atoms with van der Waals surface area (Å²) in [5.41, 5.74) is -1.41. The van der Waals surface area contributed by atoms with Crippen LogP contribution in [0.1, 0.15) is 53.4 Å². The maximum Gasteiger partial charge on any atom is 0.390 e. The van der Waals surface area contributed by atoms with E-state index in [4.69, 9.17) is 4.74 Å².